The lowest BCUT2D eigenvalue weighted by molar-refractivity contribution is -0.147. The van der Waals surface area contributed by atoms with Gasteiger partial charge in [-0.15, -0.1) is 11.3 Å². The zero-order chi connectivity index (χ0) is 30.0. The Morgan fingerprint density at radius 3 is 2.52 bits per heavy atom. The summed E-state index contributed by atoms with van der Waals surface area (Å²) in [6.07, 6.45) is -4.23. The minimum Gasteiger partial charge on any atom is -0.466 e. The summed E-state index contributed by atoms with van der Waals surface area (Å²) in [5.74, 6) is -0.865. The summed E-state index contributed by atoms with van der Waals surface area (Å²) in [5.41, 5.74) is 0.194. The number of thiazole rings is 1. The van der Waals surface area contributed by atoms with Crippen molar-refractivity contribution in [1.82, 2.24) is 14.8 Å². The van der Waals surface area contributed by atoms with Crippen LogP contribution < -0.4 is 10.3 Å². The van der Waals surface area contributed by atoms with Gasteiger partial charge in [0.2, 0.25) is 0 Å². The number of hydrogen-bond donors (Lipinski definition) is 0. The SMILES string of the molecule is CCOC(=O)[C@@H](C)Cc1ccc(OC(=O)Cc2nn(Cc3nc4cc(C(F)(F)F)ccc4s3)c(=O)c3cscc23)cc1. The number of ether oxygens (including phenoxy) is 2. The number of alkyl halides is 3. The first-order chi connectivity index (χ1) is 20.0. The fourth-order valence-corrected chi connectivity index (χ4v) is 6.14. The number of carbonyl (C=O) groups is 2. The molecule has 0 unspecified atom stereocenters. The first-order valence-corrected chi connectivity index (χ1v) is 14.7. The molecule has 218 valence electrons. The first-order valence-electron chi connectivity index (χ1n) is 12.9. The van der Waals surface area contributed by atoms with Gasteiger partial charge in [-0.3, -0.25) is 14.4 Å². The summed E-state index contributed by atoms with van der Waals surface area (Å²) in [6.45, 7) is 3.78. The molecule has 5 rings (SSSR count). The topological polar surface area (TPSA) is 100 Å². The van der Waals surface area contributed by atoms with E-state index in [9.17, 15) is 27.6 Å². The van der Waals surface area contributed by atoms with Gasteiger partial charge in [0, 0.05) is 16.1 Å². The second-order valence-corrected chi connectivity index (χ2v) is 11.4. The number of nitrogens with zero attached hydrogens (tertiary/aromatic N) is 3. The van der Waals surface area contributed by atoms with Crippen LogP contribution in [0.3, 0.4) is 0 Å². The molecule has 0 saturated heterocycles. The largest absolute Gasteiger partial charge is 0.466 e. The van der Waals surface area contributed by atoms with Crippen molar-refractivity contribution in [2.45, 2.75) is 39.4 Å². The summed E-state index contributed by atoms with van der Waals surface area (Å²) in [7, 11) is 0. The predicted molar refractivity (Wildman–Crippen MR) is 153 cm³/mol. The molecule has 2 aromatic carbocycles. The molecule has 5 aromatic rings. The zero-order valence-corrected chi connectivity index (χ0v) is 24.1. The molecule has 0 bridgehead atoms. The quantitative estimate of drug-likeness (QED) is 0.148. The maximum atomic E-state index is 13.1. The molecule has 0 spiro atoms. The predicted octanol–water partition coefficient (Wildman–Crippen LogP) is 6.02. The number of halogens is 3. The van der Waals surface area contributed by atoms with E-state index in [1.54, 1.807) is 48.9 Å². The van der Waals surface area contributed by atoms with E-state index >= 15 is 0 Å². The lowest BCUT2D eigenvalue weighted by Crippen LogP contribution is -2.26. The molecule has 13 heteroatoms. The molecule has 3 heterocycles. The molecular formula is C29H24F3N3O5S2. The molecule has 0 amide bonds. The van der Waals surface area contributed by atoms with Crippen molar-refractivity contribution < 1.29 is 32.2 Å². The number of esters is 2. The summed E-state index contributed by atoms with van der Waals surface area (Å²) >= 11 is 2.45. The highest BCUT2D eigenvalue weighted by molar-refractivity contribution is 7.18. The van der Waals surface area contributed by atoms with Gasteiger partial charge in [0.15, 0.2) is 0 Å². The Morgan fingerprint density at radius 2 is 1.81 bits per heavy atom. The van der Waals surface area contributed by atoms with Crippen molar-refractivity contribution in [2.75, 3.05) is 6.61 Å². The van der Waals surface area contributed by atoms with Crippen LogP contribution in [-0.2, 0) is 39.9 Å². The minimum absolute atomic E-state index is 0.0704. The normalized spacial score (nSPS) is 12.5. The van der Waals surface area contributed by atoms with E-state index in [4.69, 9.17) is 9.47 Å². The van der Waals surface area contributed by atoms with E-state index < -0.39 is 23.3 Å². The molecule has 42 heavy (non-hydrogen) atoms. The summed E-state index contributed by atoms with van der Waals surface area (Å²) < 4.78 is 51.6. The Labute approximate surface area is 245 Å². The van der Waals surface area contributed by atoms with Gasteiger partial charge < -0.3 is 9.47 Å². The lowest BCUT2D eigenvalue weighted by Gasteiger charge is -2.11. The second-order valence-electron chi connectivity index (χ2n) is 9.55. The van der Waals surface area contributed by atoms with Crippen molar-refractivity contribution in [3.05, 3.63) is 85.4 Å². The molecular weight excluding hydrogens is 591 g/mol. The van der Waals surface area contributed by atoms with Gasteiger partial charge in [0.05, 0.1) is 52.4 Å². The van der Waals surface area contributed by atoms with Crippen LogP contribution in [-0.4, -0.2) is 33.3 Å². The van der Waals surface area contributed by atoms with Gasteiger partial charge in [-0.05, 0) is 49.2 Å². The summed E-state index contributed by atoms with van der Waals surface area (Å²) in [6, 6.07) is 10.1. The highest BCUT2D eigenvalue weighted by atomic mass is 32.1. The summed E-state index contributed by atoms with van der Waals surface area (Å²) in [5, 5.41) is 9.10. The van der Waals surface area contributed by atoms with Crippen LogP contribution in [0.2, 0.25) is 0 Å². The number of hydrogen-bond acceptors (Lipinski definition) is 9. The second kappa shape index (κ2) is 12.0. The van der Waals surface area contributed by atoms with Crippen LogP contribution in [0.25, 0.3) is 21.0 Å². The van der Waals surface area contributed by atoms with Crippen molar-refractivity contribution in [1.29, 1.82) is 0 Å². The Morgan fingerprint density at radius 1 is 1.07 bits per heavy atom. The number of thiophene rings is 1. The fraction of sp³-hybridized carbons (Fsp3) is 0.276. The Balaban J connectivity index is 1.32. The van der Waals surface area contributed by atoms with Crippen LogP contribution >= 0.6 is 22.7 Å². The van der Waals surface area contributed by atoms with Gasteiger partial charge in [-0.25, -0.2) is 9.67 Å². The zero-order valence-electron chi connectivity index (χ0n) is 22.4. The van der Waals surface area contributed by atoms with Crippen molar-refractivity contribution in [2.24, 2.45) is 5.92 Å². The smallest absolute Gasteiger partial charge is 0.416 e. The van der Waals surface area contributed by atoms with Crippen LogP contribution in [0.15, 0.2) is 58.0 Å². The van der Waals surface area contributed by atoms with Crippen LogP contribution in [0.4, 0.5) is 13.2 Å². The molecule has 0 aliphatic carbocycles. The third-order valence-corrected chi connectivity index (χ3v) is 8.19. The third kappa shape index (κ3) is 6.52. The lowest BCUT2D eigenvalue weighted by atomic mass is 10.0. The van der Waals surface area contributed by atoms with Crippen molar-refractivity contribution in [3.63, 3.8) is 0 Å². The van der Waals surface area contributed by atoms with Gasteiger partial charge in [-0.2, -0.15) is 29.6 Å². The Kier molecular flexibility index (Phi) is 8.41. The molecule has 0 saturated carbocycles. The molecule has 8 nitrogen and oxygen atoms in total. The van der Waals surface area contributed by atoms with Crippen LogP contribution in [0.5, 0.6) is 5.75 Å². The molecule has 3 aromatic heterocycles. The molecule has 0 radical (unpaired) electrons. The Bertz CT molecular complexity index is 1830. The highest BCUT2D eigenvalue weighted by Gasteiger charge is 2.31. The van der Waals surface area contributed by atoms with Crippen LogP contribution in [0.1, 0.15) is 35.7 Å². The van der Waals surface area contributed by atoms with Crippen molar-refractivity contribution >= 4 is 55.6 Å². The fourth-order valence-electron chi connectivity index (χ4n) is 4.37. The first kappa shape index (κ1) is 29.4. The monoisotopic (exact) mass is 615 g/mol. The average molecular weight is 616 g/mol. The maximum absolute atomic E-state index is 13.1. The summed E-state index contributed by atoms with van der Waals surface area (Å²) in [4.78, 5) is 42.1. The number of fused-ring (bicyclic) bond motifs is 2. The van der Waals surface area contributed by atoms with Gasteiger partial charge in [-0.1, -0.05) is 19.1 Å². The number of benzene rings is 2. The average Bonchev–Trinajstić information content (AvgIpc) is 3.59. The van der Waals surface area contributed by atoms with Gasteiger partial charge in [0.25, 0.3) is 5.56 Å². The number of carbonyl (C=O) groups excluding carboxylic acids is 2. The third-order valence-electron chi connectivity index (χ3n) is 6.42. The maximum Gasteiger partial charge on any atom is 0.416 e. The van der Waals surface area contributed by atoms with E-state index in [1.807, 2.05) is 0 Å². The molecule has 0 aliphatic heterocycles. The van der Waals surface area contributed by atoms with Gasteiger partial charge in [0.1, 0.15) is 10.8 Å². The van der Waals surface area contributed by atoms with Gasteiger partial charge >= 0.3 is 18.1 Å². The molecule has 0 N–H and O–H groups in total. The standard InChI is InChI=1S/C29H24F3N3O5S2/c1-3-39-28(38)16(2)10-17-4-7-19(8-5-17)40-26(36)12-22-20-14-41-15-21(20)27(37)35(34-22)13-25-33-23-11-18(29(30,31)32)6-9-24(23)42-25/h4-9,11,14-16H,3,10,12-13H2,1-2H3/t16-/m0/s1. The highest BCUT2D eigenvalue weighted by Crippen LogP contribution is 2.33. The van der Waals surface area contributed by atoms with E-state index in [2.05, 4.69) is 10.1 Å². The van der Waals surface area contributed by atoms with E-state index in [0.717, 1.165) is 29.0 Å². The van der Waals surface area contributed by atoms with E-state index in [0.29, 0.717) is 45.0 Å². The van der Waals surface area contributed by atoms with E-state index in [1.165, 1.54) is 22.1 Å². The Hall–Kier alpha value is -4.10. The number of rotatable bonds is 9. The molecule has 0 aliphatic rings. The molecule has 1 atom stereocenters. The minimum atomic E-state index is -4.49. The van der Waals surface area contributed by atoms with Crippen molar-refractivity contribution in [3.8, 4) is 5.75 Å². The van der Waals surface area contributed by atoms with Crippen LogP contribution in [0, 0.1) is 5.92 Å². The number of aromatic nitrogens is 3. The molecule has 0 fully saturated rings. The van der Waals surface area contributed by atoms with E-state index in [-0.39, 0.29) is 30.4 Å².